The molecule has 1 aliphatic carbocycles. The summed E-state index contributed by atoms with van der Waals surface area (Å²) in [6.07, 6.45) is 4.73. The zero-order valence-corrected chi connectivity index (χ0v) is 11.1. The van der Waals surface area contributed by atoms with Crippen LogP contribution in [0.3, 0.4) is 0 Å². The highest BCUT2D eigenvalue weighted by molar-refractivity contribution is 5.73. The molecule has 100 valence electrons. The number of azide groups is 1. The molecule has 1 saturated carbocycles. The van der Waals surface area contributed by atoms with Gasteiger partial charge in [-0.1, -0.05) is 31.8 Å². The molecule has 5 nitrogen and oxygen atoms in total. The van der Waals surface area contributed by atoms with Crippen LogP contribution in [0.1, 0.15) is 46.0 Å². The van der Waals surface area contributed by atoms with Crippen molar-refractivity contribution in [3.63, 3.8) is 0 Å². The minimum atomic E-state index is -0.206. The van der Waals surface area contributed by atoms with E-state index in [0.717, 1.165) is 19.3 Å². The molecule has 0 radical (unpaired) electrons. The van der Waals surface area contributed by atoms with E-state index in [0.29, 0.717) is 18.3 Å². The number of esters is 1. The topological polar surface area (TPSA) is 75.1 Å². The van der Waals surface area contributed by atoms with Gasteiger partial charge in [0.05, 0.1) is 13.0 Å². The number of carbonyl (C=O) groups is 1. The lowest BCUT2D eigenvalue weighted by Crippen LogP contribution is -2.39. The fourth-order valence-electron chi connectivity index (χ4n) is 3.53. The molecule has 18 heavy (non-hydrogen) atoms. The maximum Gasteiger partial charge on any atom is 0.306 e. The number of hydrogen-bond acceptors (Lipinski definition) is 3. The quantitative estimate of drug-likeness (QED) is 0.333. The van der Waals surface area contributed by atoms with Crippen LogP contribution in [0.5, 0.6) is 0 Å². The average Bonchev–Trinajstić information content (AvgIpc) is 2.62. The van der Waals surface area contributed by atoms with Crippen molar-refractivity contribution >= 4 is 5.97 Å². The van der Waals surface area contributed by atoms with Crippen LogP contribution in [0.15, 0.2) is 5.11 Å². The minimum absolute atomic E-state index is 0.0710. The van der Waals surface area contributed by atoms with Gasteiger partial charge in [0.2, 0.25) is 0 Å². The summed E-state index contributed by atoms with van der Waals surface area (Å²) in [5.74, 6) is 1.16. The largest absolute Gasteiger partial charge is 0.462 e. The Hall–Kier alpha value is -1.22. The van der Waals surface area contributed by atoms with E-state index in [4.69, 9.17) is 10.3 Å². The Balaban J connectivity index is 2.15. The number of ether oxygens (including phenoxy) is 1. The lowest BCUT2D eigenvalue weighted by molar-refractivity contribution is -0.141. The Morgan fingerprint density at radius 1 is 1.61 bits per heavy atom. The summed E-state index contributed by atoms with van der Waals surface area (Å²) < 4.78 is 5.38. The predicted molar refractivity (Wildman–Crippen MR) is 67.7 cm³/mol. The SMILES string of the molecule is CC(C)C1CCCC2(CC(=O)OC2CN=[N+]=[N-])C1. The van der Waals surface area contributed by atoms with Gasteiger partial charge in [-0.15, -0.1) is 0 Å². The van der Waals surface area contributed by atoms with Crippen molar-refractivity contribution in [3.05, 3.63) is 10.4 Å². The van der Waals surface area contributed by atoms with Crippen molar-refractivity contribution < 1.29 is 9.53 Å². The standard InChI is InChI=1S/C13H21N3O2/c1-9(2)10-4-3-5-13(6-10)7-12(17)18-11(13)8-15-16-14/h9-11H,3-8H2,1-2H3. The molecule has 0 amide bonds. The highest BCUT2D eigenvalue weighted by atomic mass is 16.6. The van der Waals surface area contributed by atoms with Gasteiger partial charge >= 0.3 is 5.97 Å². The number of nitrogens with zero attached hydrogens (tertiary/aromatic N) is 3. The first-order valence-corrected chi connectivity index (χ1v) is 6.78. The molecule has 1 spiro atoms. The molecule has 0 aromatic rings. The van der Waals surface area contributed by atoms with E-state index in [9.17, 15) is 4.79 Å². The number of rotatable bonds is 3. The Morgan fingerprint density at radius 2 is 2.39 bits per heavy atom. The van der Waals surface area contributed by atoms with Gasteiger partial charge in [0.1, 0.15) is 6.10 Å². The molecule has 1 heterocycles. The summed E-state index contributed by atoms with van der Waals surface area (Å²) in [5, 5.41) is 3.61. The van der Waals surface area contributed by atoms with E-state index in [-0.39, 0.29) is 24.0 Å². The Bertz CT molecular complexity index is 376. The maximum absolute atomic E-state index is 11.6. The molecule has 3 unspecified atom stereocenters. The fraction of sp³-hybridized carbons (Fsp3) is 0.923. The zero-order chi connectivity index (χ0) is 13.2. The molecular formula is C13H21N3O2. The molecule has 5 heteroatoms. The van der Waals surface area contributed by atoms with Gasteiger partial charge in [-0.3, -0.25) is 4.79 Å². The first kappa shape index (κ1) is 13.2. The van der Waals surface area contributed by atoms with Crippen LogP contribution in [-0.4, -0.2) is 18.6 Å². The summed E-state index contributed by atoms with van der Waals surface area (Å²) in [4.78, 5) is 14.4. The molecule has 0 aromatic heterocycles. The highest BCUT2D eigenvalue weighted by Crippen LogP contribution is 2.51. The number of carbonyl (C=O) groups excluding carboxylic acids is 1. The molecule has 0 N–H and O–H groups in total. The third kappa shape index (κ3) is 2.46. The summed E-state index contributed by atoms with van der Waals surface area (Å²) in [6, 6.07) is 0. The molecule has 2 rings (SSSR count). The monoisotopic (exact) mass is 251 g/mol. The maximum atomic E-state index is 11.6. The van der Waals surface area contributed by atoms with Gasteiger partial charge in [-0.2, -0.15) is 0 Å². The summed E-state index contributed by atoms with van der Waals surface area (Å²) in [6.45, 7) is 4.76. The molecular weight excluding hydrogens is 230 g/mol. The summed E-state index contributed by atoms with van der Waals surface area (Å²) in [5.41, 5.74) is 8.37. The molecule has 0 aromatic carbocycles. The molecule has 1 saturated heterocycles. The van der Waals surface area contributed by atoms with Crippen LogP contribution in [0.2, 0.25) is 0 Å². The Kier molecular flexibility index (Phi) is 3.81. The van der Waals surface area contributed by atoms with Crippen molar-refractivity contribution in [3.8, 4) is 0 Å². The van der Waals surface area contributed by atoms with E-state index in [1.54, 1.807) is 0 Å². The van der Waals surface area contributed by atoms with Crippen LogP contribution < -0.4 is 0 Å². The van der Waals surface area contributed by atoms with Crippen LogP contribution in [0.25, 0.3) is 10.4 Å². The van der Waals surface area contributed by atoms with Crippen molar-refractivity contribution in [2.45, 2.75) is 52.1 Å². The highest BCUT2D eigenvalue weighted by Gasteiger charge is 2.50. The van der Waals surface area contributed by atoms with Crippen LogP contribution in [-0.2, 0) is 9.53 Å². The Morgan fingerprint density at radius 3 is 3.06 bits per heavy atom. The number of cyclic esters (lactones) is 1. The third-order valence-electron chi connectivity index (χ3n) is 4.62. The normalized spacial score (nSPS) is 35.6. The lowest BCUT2D eigenvalue weighted by atomic mass is 9.63. The van der Waals surface area contributed by atoms with E-state index >= 15 is 0 Å². The molecule has 0 bridgehead atoms. The second-order valence-corrected chi connectivity index (χ2v) is 6.03. The zero-order valence-electron chi connectivity index (χ0n) is 11.1. The molecule has 3 atom stereocenters. The molecule has 2 aliphatic rings. The first-order valence-electron chi connectivity index (χ1n) is 6.78. The van der Waals surface area contributed by atoms with Gasteiger partial charge in [-0.25, -0.2) is 0 Å². The van der Waals surface area contributed by atoms with Crippen LogP contribution in [0.4, 0.5) is 0 Å². The Labute approximate surface area is 108 Å². The van der Waals surface area contributed by atoms with E-state index in [2.05, 4.69) is 23.9 Å². The van der Waals surface area contributed by atoms with E-state index in [1.807, 2.05) is 0 Å². The first-order chi connectivity index (χ1) is 8.57. The third-order valence-corrected chi connectivity index (χ3v) is 4.62. The summed E-state index contributed by atoms with van der Waals surface area (Å²) >= 11 is 0. The minimum Gasteiger partial charge on any atom is -0.462 e. The average molecular weight is 251 g/mol. The van der Waals surface area contributed by atoms with E-state index in [1.165, 1.54) is 6.42 Å². The molecule has 2 fully saturated rings. The number of hydrogen-bond donors (Lipinski definition) is 0. The van der Waals surface area contributed by atoms with Crippen molar-refractivity contribution in [2.24, 2.45) is 22.4 Å². The van der Waals surface area contributed by atoms with Crippen LogP contribution >= 0.6 is 0 Å². The van der Waals surface area contributed by atoms with Gasteiger partial charge in [-0.05, 0) is 30.2 Å². The lowest BCUT2D eigenvalue weighted by Gasteiger charge is -2.41. The summed E-state index contributed by atoms with van der Waals surface area (Å²) in [7, 11) is 0. The second-order valence-electron chi connectivity index (χ2n) is 6.03. The fourth-order valence-corrected chi connectivity index (χ4v) is 3.53. The smallest absolute Gasteiger partial charge is 0.306 e. The van der Waals surface area contributed by atoms with Gasteiger partial charge < -0.3 is 4.74 Å². The molecule has 1 aliphatic heterocycles. The van der Waals surface area contributed by atoms with Crippen molar-refractivity contribution in [1.82, 2.24) is 0 Å². The van der Waals surface area contributed by atoms with Gasteiger partial charge in [0, 0.05) is 10.3 Å². The van der Waals surface area contributed by atoms with Gasteiger partial charge in [0.25, 0.3) is 0 Å². The van der Waals surface area contributed by atoms with Crippen molar-refractivity contribution in [2.75, 3.05) is 6.54 Å². The van der Waals surface area contributed by atoms with Gasteiger partial charge in [0.15, 0.2) is 0 Å². The van der Waals surface area contributed by atoms with E-state index < -0.39 is 0 Å². The predicted octanol–water partition coefficient (Wildman–Crippen LogP) is 3.44. The van der Waals surface area contributed by atoms with Crippen molar-refractivity contribution in [1.29, 1.82) is 0 Å². The second kappa shape index (κ2) is 5.19. The van der Waals surface area contributed by atoms with Crippen LogP contribution in [0, 0.1) is 17.3 Å².